The van der Waals surface area contributed by atoms with Gasteiger partial charge in [-0.3, -0.25) is 4.79 Å². The highest BCUT2D eigenvalue weighted by molar-refractivity contribution is 7.99. The van der Waals surface area contributed by atoms with Crippen LogP contribution in [0.15, 0.2) is 0 Å². The van der Waals surface area contributed by atoms with Crippen molar-refractivity contribution in [3.05, 3.63) is 0 Å². The first-order valence-corrected chi connectivity index (χ1v) is 5.68. The summed E-state index contributed by atoms with van der Waals surface area (Å²) in [6, 6.07) is 0. The highest BCUT2D eigenvalue weighted by Crippen LogP contribution is 2.06. The van der Waals surface area contributed by atoms with E-state index < -0.39 is 0 Å². The molecule has 0 aliphatic carbocycles. The Kier molecular flexibility index (Phi) is 6.76. The number of nitrogens with one attached hydrogen (secondary N) is 1. The number of carbonyl (C=O) groups excluding carboxylic acids is 1. The standard InChI is InChI=1S/C8H17NOS2/c1-6(2)12-5-4-9-8(10)7(3)11/h6-7,11H,4-5H2,1-3H3,(H,9,10). The lowest BCUT2D eigenvalue weighted by Gasteiger charge is -2.07. The molecule has 0 aliphatic rings. The molecule has 0 saturated carbocycles. The first kappa shape index (κ1) is 12.2. The topological polar surface area (TPSA) is 29.1 Å². The van der Waals surface area contributed by atoms with Gasteiger partial charge in [0.15, 0.2) is 0 Å². The predicted molar refractivity (Wildman–Crippen MR) is 59.1 cm³/mol. The Morgan fingerprint density at radius 2 is 2.08 bits per heavy atom. The van der Waals surface area contributed by atoms with Gasteiger partial charge in [0.05, 0.1) is 5.25 Å². The summed E-state index contributed by atoms with van der Waals surface area (Å²) in [5.74, 6) is 0.992. The van der Waals surface area contributed by atoms with Crippen molar-refractivity contribution in [2.24, 2.45) is 0 Å². The maximum absolute atomic E-state index is 11.0. The Morgan fingerprint density at radius 3 is 2.50 bits per heavy atom. The van der Waals surface area contributed by atoms with Crippen LogP contribution >= 0.6 is 24.4 Å². The lowest BCUT2D eigenvalue weighted by Crippen LogP contribution is -2.31. The zero-order chi connectivity index (χ0) is 9.56. The molecule has 12 heavy (non-hydrogen) atoms. The van der Waals surface area contributed by atoms with Gasteiger partial charge in [0, 0.05) is 12.3 Å². The van der Waals surface area contributed by atoms with Gasteiger partial charge in [-0.1, -0.05) is 13.8 Å². The van der Waals surface area contributed by atoms with Crippen LogP contribution in [0, 0.1) is 0 Å². The number of hydrogen-bond acceptors (Lipinski definition) is 3. The second-order valence-electron chi connectivity index (χ2n) is 2.89. The fourth-order valence-electron chi connectivity index (χ4n) is 0.617. The van der Waals surface area contributed by atoms with Gasteiger partial charge in [-0.15, -0.1) is 0 Å². The number of carbonyl (C=O) groups is 1. The summed E-state index contributed by atoms with van der Waals surface area (Å²) in [6.45, 7) is 6.81. The lowest BCUT2D eigenvalue weighted by atomic mass is 10.4. The molecule has 0 aromatic rings. The summed E-state index contributed by atoms with van der Waals surface area (Å²) in [7, 11) is 0. The third kappa shape index (κ3) is 6.85. The van der Waals surface area contributed by atoms with Gasteiger partial charge in [0.1, 0.15) is 0 Å². The maximum atomic E-state index is 11.0. The second-order valence-corrected chi connectivity index (χ2v) is 5.35. The van der Waals surface area contributed by atoms with Crippen molar-refractivity contribution in [2.75, 3.05) is 12.3 Å². The summed E-state index contributed by atoms with van der Waals surface area (Å²) in [4.78, 5) is 11.0. The van der Waals surface area contributed by atoms with Crippen LogP contribution in [0.5, 0.6) is 0 Å². The Balaban J connectivity index is 3.26. The van der Waals surface area contributed by atoms with Crippen LogP contribution < -0.4 is 5.32 Å². The Hall–Kier alpha value is 0.170. The van der Waals surface area contributed by atoms with Crippen molar-refractivity contribution in [3.8, 4) is 0 Å². The van der Waals surface area contributed by atoms with Crippen LogP contribution in [-0.4, -0.2) is 28.7 Å². The molecule has 0 aromatic heterocycles. The highest BCUT2D eigenvalue weighted by atomic mass is 32.2. The van der Waals surface area contributed by atoms with E-state index in [9.17, 15) is 4.79 Å². The smallest absolute Gasteiger partial charge is 0.232 e. The molecule has 0 radical (unpaired) electrons. The molecule has 2 nitrogen and oxygen atoms in total. The van der Waals surface area contributed by atoms with Crippen molar-refractivity contribution in [1.82, 2.24) is 5.32 Å². The number of rotatable bonds is 5. The third-order valence-electron chi connectivity index (χ3n) is 1.23. The van der Waals surface area contributed by atoms with Crippen LogP contribution in [-0.2, 0) is 4.79 Å². The number of thiol groups is 1. The largest absolute Gasteiger partial charge is 0.354 e. The van der Waals surface area contributed by atoms with Crippen molar-refractivity contribution < 1.29 is 4.79 Å². The van der Waals surface area contributed by atoms with Crippen LogP contribution in [0.1, 0.15) is 20.8 Å². The molecule has 1 N–H and O–H groups in total. The molecule has 0 heterocycles. The van der Waals surface area contributed by atoms with E-state index in [1.54, 1.807) is 6.92 Å². The van der Waals surface area contributed by atoms with Crippen molar-refractivity contribution >= 4 is 30.3 Å². The predicted octanol–water partition coefficient (Wildman–Crippen LogP) is 1.56. The zero-order valence-corrected chi connectivity index (χ0v) is 9.54. The van der Waals surface area contributed by atoms with Crippen molar-refractivity contribution in [1.29, 1.82) is 0 Å². The third-order valence-corrected chi connectivity index (χ3v) is 2.57. The highest BCUT2D eigenvalue weighted by Gasteiger charge is 2.05. The number of hydrogen-bond donors (Lipinski definition) is 2. The lowest BCUT2D eigenvalue weighted by molar-refractivity contribution is -0.120. The first-order chi connectivity index (χ1) is 5.54. The molecule has 0 fully saturated rings. The molecule has 0 spiro atoms. The molecule has 0 aliphatic heterocycles. The summed E-state index contributed by atoms with van der Waals surface area (Å²) < 4.78 is 0. The maximum Gasteiger partial charge on any atom is 0.232 e. The summed E-state index contributed by atoms with van der Waals surface area (Å²) in [5.41, 5.74) is 0. The quantitative estimate of drug-likeness (QED) is 0.529. The monoisotopic (exact) mass is 207 g/mol. The average molecular weight is 207 g/mol. The van der Waals surface area contributed by atoms with Gasteiger partial charge in [0.25, 0.3) is 0 Å². The molecule has 1 unspecified atom stereocenters. The normalized spacial score (nSPS) is 13.1. The van der Waals surface area contributed by atoms with Gasteiger partial charge < -0.3 is 5.32 Å². The fraction of sp³-hybridized carbons (Fsp3) is 0.875. The minimum absolute atomic E-state index is 0.0164. The van der Waals surface area contributed by atoms with E-state index in [1.807, 2.05) is 11.8 Å². The first-order valence-electron chi connectivity index (χ1n) is 4.11. The van der Waals surface area contributed by atoms with Crippen molar-refractivity contribution in [2.45, 2.75) is 31.3 Å². The Bertz CT molecular complexity index is 137. The zero-order valence-electron chi connectivity index (χ0n) is 7.83. The van der Waals surface area contributed by atoms with Gasteiger partial charge >= 0.3 is 0 Å². The van der Waals surface area contributed by atoms with E-state index in [0.717, 1.165) is 12.3 Å². The summed E-state index contributed by atoms with van der Waals surface area (Å²) >= 11 is 5.86. The molecule has 0 aromatic carbocycles. The van der Waals surface area contributed by atoms with E-state index in [2.05, 4.69) is 31.8 Å². The van der Waals surface area contributed by atoms with Gasteiger partial charge in [-0.2, -0.15) is 24.4 Å². The van der Waals surface area contributed by atoms with Crippen molar-refractivity contribution in [3.63, 3.8) is 0 Å². The van der Waals surface area contributed by atoms with E-state index in [0.29, 0.717) is 5.25 Å². The van der Waals surface area contributed by atoms with Crippen LogP contribution in [0.4, 0.5) is 0 Å². The van der Waals surface area contributed by atoms with E-state index in [4.69, 9.17) is 0 Å². The molecule has 4 heteroatoms. The van der Waals surface area contributed by atoms with Gasteiger partial charge in [-0.05, 0) is 12.2 Å². The van der Waals surface area contributed by atoms with Crippen LogP contribution in [0.25, 0.3) is 0 Å². The molecular formula is C8H17NOS2. The Morgan fingerprint density at radius 1 is 1.50 bits per heavy atom. The number of amides is 1. The van der Waals surface area contributed by atoms with E-state index in [1.165, 1.54) is 0 Å². The summed E-state index contributed by atoms with van der Waals surface area (Å²) in [5, 5.41) is 3.24. The van der Waals surface area contributed by atoms with Crippen LogP contribution in [0.3, 0.4) is 0 Å². The number of thioether (sulfide) groups is 1. The van der Waals surface area contributed by atoms with Gasteiger partial charge in [0.2, 0.25) is 5.91 Å². The molecular weight excluding hydrogens is 190 g/mol. The Labute approximate surface area is 84.3 Å². The average Bonchev–Trinajstić information content (AvgIpc) is 1.97. The molecule has 1 amide bonds. The second kappa shape index (κ2) is 6.66. The molecule has 0 bridgehead atoms. The van der Waals surface area contributed by atoms with Crippen LogP contribution in [0.2, 0.25) is 0 Å². The van der Waals surface area contributed by atoms with E-state index in [-0.39, 0.29) is 11.2 Å². The minimum Gasteiger partial charge on any atom is -0.354 e. The van der Waals surface area contributed by atoms with E-state index >= 15 is 0 Å². The SMILES string of the molecule is CC(C)SCCNC(=O)C(C)S. The molecule has 0 saturated heterocycles. The molecule has 72 valence electrons. The fourth-order valence-corrected chi connectivity index (χ4v) is 1.40. The van der Waals surface area contributed by atoms with Gasteiger partial charge in [-0.25, -0.2) is 0 Å². The minimum atomic E-state index is -0.200. The summed E-state index contributed by atoms with van der Waals surface area (Å²) in [6.07, 6.45) is 0. The molecule has 0 rings (SSSR count). The molecule has 1 atom stereocenters.